The molecule has 3 aromatic rings. The standard InChI is InChI=1S/C20H21N3O2/c1-23(2)19-12-17(9-10-21-19)20(25)22-13-18(24)16-8-7-14-5-3-4-6-15(14)11-16/h3-12,18,24H,13H2,1-2H3,(H,22,25)/t18-/m1/s1. The minimum atomic E-state index is -0.760. The van der Waals surface area contributed by atoms with Gasteiger partial charge in [-0.05, 0) is 34.5 Å². The highest BCUT2D eigenvalue weighted by molar-refractivity contribution is 5.94. The van der Waals surface area contributed by atoms with Gasteiger partial charge in [0.1, 0.15) is 5.82 Å². The van der Waals surface area contributed by atoms with Gasteiger partial charge in [-0.15, -0.1) is 0 Å². The molecular weight excluding hydrogens is 314 g/mol. The van der Waals surface area contributed by atoms with Crippen LogP contribution in [0.2, 0.25) is 0 Å². The number of hydrogen-bond acceptors (Lipinski definition) is 4. The molecule has 0 saturated carbocycles. The first-order valence-electron chi connectivity index (χ1n) is 8.13. The fraction of sp³-hybridized carbons (Fsp3) is 0.200. The number of pyridine rings is 1. The maximum atomic E-state index is 12.3. The lowest BCUT2D eigenvalue weighted by molar-refractivity contribution is 0.0916. The van der Waals surface area contributed by atoms with E-state index in [0.717, 1.165) is 16.3 Å². The van der Waals surface area contributed by atoms with Gasteiger partial charge in [-0.25, -0.2) is 4.98 Å². The van der Waals surface area contributed by atoms with Gasteiger partial charge in [-0.2, -0.15) is 0 Å². The Balaban J connectivity index is 1.67. The number of benzene rings is 2. The molecule has 0 aliphatic rings. The van der Waals surface area contributed by atoms with Crippen LogP contribution in [0.4, 0.5) is 5.82 Å². The number of fused-ring (bicyclic) bond motifs is 1. The number of carbonyl (C=O) groups excluding carboxylic acids is 1. The summed E-state index contributed by atoms with van der Waals surface area (Å²) < 4.78 is 0. The molecule has 5 nitrogen and oxygen atoms in total. The molecule has 0 fully saturated rings. The summed E-state index contributed by atoms with van der Waals surface area (Å²) >= 11 is 0. The summed E-state index contributed by atoms with van der Waals surface area (Å²) in [7, 11) is 3.74. The average molecular weight is 335 g/mol. The maximum Gasteiger partial charge on any atom is 0.251 e. The Morgan fingerprint density at radius 3 is 2.64 bits per heavy atom. The number of nitrogens with one attached hydrogen (secondary N) is 1. The van der Waals surface area contributed by atoms with E-state index >= 15 is 0 Å². The summed E-state index contributed by atoms with van der Waals surface area (Å²) in [4.78, 5) is 18.3. The average Bonchev–Trinajstić information content (AvgIpc) is 2.65. The van der Waals surface area contributed by atoms with Gasteiger partial charge in [0, 0.05) is 32.4 Å². The van der Waals surface area contributed by atoms with Crippen molar-refractivity contribution in [3.63, 3.8) is 0 Å². The van der Waals surface area contributed by atoms with E-state index in [1.54, 1.807) is 18.3 Å². The summed E-state index contributed by atoms with van der Waals surface area (Å²) in [6.07, 6.45) is 0.841. The van der Waals surface area contributed by atoms with Gasteiger partial charge >= 0.3 is 0 Å². The SMILES string of the molecule is CN(C)c1cc(C(=O)NC[C@@H](O)c2ccc3ccccc3c2)ccn1. The molecular formula is C20H21N3O2. The molecule has 0 radical (unpaired) electrons. The number of amides is 1. The second-order valence-corrected chi connectivity index (χ2v) is 6.13. The fourth-order valence-corrected chi connectivity index (χ4v) is 2.63. The van der Waals surface area contributed by atoms with E-state index in [1.807, 2.05) is 61.5 Å². The van der Waals surface area contributed by atoms with E-state index in [2.05, 4.69) is 10.3 Å². The summed E-state index contributed by atoms with van der Waals surface area (Å²) in [5, 5.41) is 15.3. The van der Waals surface area contributed by atoms with Crippen LogP contribution in [0.1, 0.15) is 22.0 Å². The van der Waals surface area contributed by atoms with Crippen molar-refractivity contribution in [2.45, 2.75) is 6.10 Å². The second kappa shape index (κ2) is 7.32. The monoisotopic (exact) mass is 335 g/mol. The molecule has 2 aromatic carbocycles. The molecule has 1 heterocycles. The van der Waals surface area contributed by atoms with E-state index in [0.29, 0.717) is 11.4 Å². The summed E-state index contributed by atoms with van der Waals surface area (Å²) in [5.74, 6) is 0.480. The molecule has 1 aromatic heterocycles. The van der Waals surface area contributed by atoms with Crippen LogP contribution in [-0.2, 0) is 0 Å². The summed E-state index contributed by atoms with van der Waals surface area (Å²) in [5.41, 5.74) is 1.30. The van der Waals surface area contributed by atoms with Crippen LogP contribution >= 0.6 is 0 Å². The van der Waals surface area contributed by atoms with Gasteiger partial charge in [0.15, 0.2) is 0 Å². The normalized spacial score (nSPS) is 12.0. The van der Waals surface area contributed by atoms with Crippen LogP contribution in [-0.4, -0.2) is 36.6 Å². The van der Waals surface area contributed by atoms with Gasteiger partial charge in [-0.3, -0.25) is 4.79 Å². The Labute approximate surface area is 146 Å². The van der Waals surface area contributed by atoms with Crippen molar-refractivity contribution in [3.8, 4) is 0 Å². The topological polar surface area (TPSA) is 65.5 Å². The van der Waals surface area contributed by atoms with Crippen molar-refractivity contribution in [3.05, 3.63) is 71.9 Å². The molecule has 128 valence electrons. The molecule has 1 atom stereocenters. The van der Waals surface area contributed by atoms with E-state index in [-0.39, 0.29) is 12.5 Å². The molecule has 2 N–H and O–H groups in total. The van der Waals surface area contributed by atoms with E-state index in [1.165, 1.54) is 0 Å². The minimum Gasteiger partial charge on any atom is -0.387 e. The predicted octanol–water partition coefficient (Wildman–Crippen LogP) is 2.76. The fourth-order valence-electron chi connectivity index (χ4n) is 2.63. The maximum absolute atomic E-state index is 12.3. The minimum absolute atomic E-state index is 0.150. The van der Waals surface area contributed by atoms with Crippen LogP contribution < -0.4 is 10.2 Å². The third-order valence-electron chi connectivity index (χ3n) is 4.08. The predicted molar refractivity (Wildman–Crippen MR) is 99.8 cm³/mol. The first-order chi connectivity index (χ1) is 12.0. The Morgan fingerprint density at radius 1 is 1.12 bits per heavy atom. The molecule has 0 aliphatic carbocycles. The number of nitrogens with zero attached hydrogens (tertiary/aromatic N) is 2. The zero-order valence-corrected chi connectivity index (χ0v) is 14.3. The second-order valence-electron chi connectivity index (χ2n) is 6.13. The molecule has 0 unspecified atom stereocenters. The molecule has 1 amide bonds. The van der Waals surface area contributed by atoms with Crippen molar-refractivity contribution in [2.75, 3.05) is 25.5 Å². The zero-order chi connectivity index (χ0) is 17.8. The van der Waals surface area contributed by atoms with Gasteiger partial charge in [0.2, 0.25) is 0 Å². The third kappa shape index (κ3) is 3.95. The number of aromatic nitrogens is 1. The molecule has 0 bridgehead atoms. The van der Waals surface area contributed by atoms with E-state index in [4.69, 9.17) is 0 Å². The van der Waals surface area contributed by atoms with Crippen molar-refractivity contribution < 1.29 is 9.90 Å². The van der Waals surface area contributed by atoms with Crippen LogP contribution in [0.15, 0.2) is 60.8 Å². The highest BCUT2D eigenvalue weighted by Crippen LogP contribution is 2.20. The smallest absolute Gasteiger partial charge is 0.251 e. The summed E-state index contributed by atoms with van der Waals surface area (Å²) in [6.45, 7) is 0.150. The number of rotatable bonds is 5. The number of aliphatic hydroxyl groups excluding tert-OH is 1. The van der Waals surface area contributed by atoms with Crippen LogP contribution in [0.3, 0.4) is 0 Å². The van der Waals surface area contributed by atoms with Gasteiger partial charge in [-0.1, -0.05) is 36.4 Å². The highest BCUT2D eigenvalue weighted by atomic mass is 16.3. The first kappa shape index (κ1) is 16.9. The van der Waals surface area contributed by atoms with Crippen molar-refractivity contribution in [1.29, 1.82) is 0 Å². The molecule has 0 aliphatic heterocycles. The number of anilines is 1. The zero-order valence-electron chi connectivity index (χ0n) is 14.3. The van der Waals surface area contributed by atoms with E-state index < -0.39 is 6.10 Å². The van der Waals surface area contributed by atoms with Gasteiger partial charge < -0.3 is 15.3 Å². The highest BCUT2D eigenvalue weighted by Gasteiger charge is 2.12. The van der Waals surface area contributed by atoms with Crippen molar-refractivity contribution in [1.82, 2.24) is 10.3 Å². The largest absolute Gasteiger partial charge is 0.387 e. The Hall–Kier alpha value is -2.92. The number of aliphatic hydroxyl groups is 1. The number of carbonyl (C=O) groups is 1. The van der Waals surface area contributed by atoms with Gasteiger partial charge in [0.05, 0.1) is 6.10 Å². The van der Waals surface area contributed by atoms with Gasteiger partial charge in [0.25, 0.3) is 5.91 Å². The molecule has 5 heteroatoms. The quantitative estimate of drug-likeness (QED) is 0.752. The molecule has 3 rings (SSSR count). The molecule has 0 saturated heterocycles. The molecule has 25 heavy (non-hydrogen) atoms. The van der Waals surface area contributed by atoms with Crippen LogP contribution in [0, 0.1) is 0 Å². The van der Waals surface area contributed by atoms with Crippen molar-refractivity contribution in [2.24, 2.45) is 0 Å². The van der Waals surface area contributed by atoms with Crippen LogP contribution in [0.5, 0.6) is 0 Å². The lowest BCUT2D eigenvalue weighted by Gasteiger charge is -2.14. The third-order valence-corrected chi connectivity index (χ3v) is 4.08. The lowest BCUT2D eigenvalue weighted by atomic mass is 10.0. The Morgan fingerprint density at radius 2 is 1.88 bits per heavy atom. The van der Waals surface area contributed by atoms with Crippen molar-refractivity contribution >= 4 is 22.5 Å². The van der Waals surface area contributed by atoms with Crippen LogP contribution in [0.25, 0.3) is 10.8 Å². The Bertz CT molecular complexity index is 893. The first-order valence-corrected chi connectivity index (χ1v) is 8.13. The lowest BCUT2D eigenvalue weighted by Crippen LogP contribution is -2.28. The number of hydrogen-bond donors (Lipinski definition) is 2. The van der Waals surface area contributed by atoms with E-state index in [9.17, 15) is 9.90 Å². The Kier molecular flexibility index (Phi) is 4.95. The molecule has 0 spiro atoms. The summed E-state index contributed by atoms with van der Waals surface area (Å²) in [6, 6.07) is 17.2.